The molecule has 0 aromatic carbocycles. The maximum atomic E-state index is 11.3. The second kappa shape index (κ2) is 7.37. The highest BCUT2D eigenvalue weighted by Crippen LogP contribution is 2.09. The molecule has 10 heteroatoms. The lowest BCUT2D eigenvalue weighted by Crippen LogP contribution is -2.30. The monoisotopic (exact) mass is 330 g/mol. The second-order valence-electron chi connectivity index (χ2n) is 4.50. The molecule has 19 heavy (non-hydrogen) atoms. The van der Waals surface area contributed by atoms with E-state index in [1.807, 2.05) is 0 Å². The van der Waals surface area contributed by atoms with E-state index in [2.05, 4.69) is 20.2 Å². The van der Waals surface area contributed by atoms with E-state index in [1.165, 1.54) is 0 Å². The Bertz CT molecular complexity index is 533. The molecule has 0 saturated heterocycles. The van der Waals surface area contributed by atoms with E-state index >= 15 is 0 Å². The van der Waals surface area contributed by atoms with Crippen LogP contribution in [0.1, 0.15) is 6.42 Å². The van der Waals surface area contributed by atoms with Gasteiger partial charge in [0.15, 0.2) is 0 Å². The standard InChI is InChI=1S/C9H18O7S2Si/c1-17(10,11)14-8-6-5-7-9-15-18(12,13)16-19(2,3)4/h7-9H2,1-4H3. The van der Waals surface area contributed by atoms with E-state index in [9.17, 15) is 16.8 Å². The summed E-state index contributed by atoms with van der Waals surface area (Å²) in [5, 5.41) is 0. The summed E-state index contributed by atoms with van der Waals surface area (Å²) >= 11 is 0. The first kappa shape index (κ1) is 18.6. The van der Waals surface area contributed by atoms with Crippen LogP contribution in [0.3, 0.4) is 0 Å². The first-order chi connectivity index (χ1) is 8.41. The summed E-state index contributed by atoms with van der Waals surface area (Å²) in [5.41, 5.74) is 0. The Labute approximate surface area is 115 Å². The zero-order chi connectivity index (χ0) is 15.2. The molecule has 7 nitrogen and oxygen atoms in total. The normalized spacial score (nSPS) is 12.8. The zero-order valence-corrected chi connectivity index (χ0v) is 13.9. The quantitative estimate of drug-likeness (QED) is 0.290. The van der Waals surface area contributed by atoms with Crippen molar-refractivity contribution in [2.45, 2.75) is 26.1 Å². The van der Waals surface area contributed by atoms with Crippen LogP contribution in [0.2, 0.25) is 19.6 Å². The van der Waals surface area contributed by atoms with Gasteiger partial charge in [0.2, 0.25) is 8.32 Å². The molecule has 0 unspecified atom stereocenters. The van der Waals surface area contributed by atoms with Crippen molar-refractivity contribution >= 4 is 28.8 Å². The molecule has 0 rings (SSSR count). The van der Waals surface area contributed by atoms with Crippen LogP contribution in [0.4, 0.5) is 0 Å². The van der Waals surface area contributed by atoms with Crippen molar-refractivity contribution in [1.29, 1.82) is 0 Å². The summed E-state index contributed by atoms with van der Waals surface area (Å²) in [4.78, 5) is 0. The summed E-state index contributed by atoms with van der Waals surface area (Å²) in [6, 6.07) is 0. The van der Waals surface area contributed by atoms with E-state index in [1.54, 1.807) is 19.6 Å². The average molecular weight is 330 g/mol. The molecule has 0 aliphatic heterocycles. The van der Waals surface area contributed by atoms with Gasteiger partial charge in [-0.3, -0.25) is 8.06 Å². The molecule has 0 aromatic rings. The third kappa shape index (κ3) is 13.8. The Hall–Kier alpha value is -0.443. The average Bonchev–Trinajstić information content (AvgIpc) is 2.10. The van der Waals surface area contributed by atoms with Gasteiger partial charge in [-0.2, -0.15) is 16.8 Å². The Balaban J connectivity index is 3.96. The van der Waals surface area contributed by atoms with Gasteiger partial charge in [-0.25, -0.2) is 4.18 Å². The predicted octanol–water partition coefficient (Wildman–Crippen LogP) is 0.469. The predicted molar refractivity (Wildman–Crippen MR) is 72.5 cm³/mol. The number of hydrogen-bond donors (Lipinski definition) is 0. The lowest BCUT2D eigenvalue weighted by molar-refractivity contribution is 0.278. The minimum absolute atomic E-state index is 0.126. The van der Waals surface area contributed by atoms with Gasteiger partial charge in [0, 0.05) is 6.42 Å². The van der Waals surface area contributed by atoms with E-state index in [0.717, 1.165) is 6.26 Å². The Morgan fingerprint density at radius 3 is 2.05 bits per heavy atom. The van der Waals surface area contributed by atoms with Gasteiger partial charge in [0.1, 0.15) is 6.61 Å². The fourth-order valence-electron chi connectivity index (χ4n) is 0.801. The van der Waals surface area contributed by atoms with Gasteiger partial charge in [-0.05, 0) is 19.6 Å². The van der Waals surface area contributed by atoms with Crippen LogP contribution in [0.25, 0.3) is 0 Å². The molecule has 0 heterocycles. The van der Waals surface area contributed by atoms with E-state index < -0.39 is 28.8 Å². The Morgan fingerprint density at radius 2 is 1.58 bits per heavy atom. The van der Waals surface area contributed by atoms with Crippen LogP contribution >= 0.6 is 0 Å². The van der Waals surface area contributed by atoms with Gasteiger partial charge in [-0.15, -0.1) is 0 Å². The molecule has 0 atom stereocenters. The topological polar surface area (TPSA) is 96.0 Å². The molecule has 0 fully saturated rings. The third-order valence-corrected chi connectivity index (χ3v) is 5.09. The molecule has 0 saturated carbocycles. The molecule has 0 bridgehead atoms. The second-order valence-corrected chi connectivity index (χ2v) is 12.1. The van der Waals surface area contributed by atoms with Crippen LogP contribution in [0.15, 0.2) is 0 Å². The van der Waals surface area contributed by atoms with Crippen molar-refractivity contribution in [1.82, 2.24) is 0 Å². The first-order valence-electron chi connectivity index (χ1n) is 5.31. The lowest BCUT2D eigenvalue weighted by atomic mass is 10.4. The summed E-state index contributed by atoms with van der Waals surface area (Å²) in [5.74, 6) is 4.94. The largest absolute Gasteiger partial charge is 0.390 e. The van der Waals surface area contributed by atoms with Gasteiger partial charge in [0.05, 0.1) is 12.9 Å². The Kier molecular flexibility index (Phi) is 7.20. The molecule has 0 N–H and O–H groups in total. The molecular formula is C9H18O7S2Si. The maximum absolute atomic E-state index is 11.3. The van der Waals surface area contributed by atoms with E-state index in [-0.39, 0.29) is 19.6 Å². The highest BCUT2D eigenvalue weighted by Gasteiger charge is 2.24. The van der Waals surface area contributed by atoms with Crippen molar-refractivity contribution in [2.75, 3.05) is 19.5 Å². The molecule has 0 aromatic heterocycles. The van der Waals surface area contributed by atoms with Crippen LogP contribution < -0.4 is 0 Å². The molecule has 0 aliphatic carbocycles. The van der Waals surface area contributed by atoms with Gasteiger partial charge in [0.25, 0.3) is 10.1 Å². The third-order valence-electron chi connectivity index (χ3n) is 1.28. The molecule has 0 amide bonds. The summed E-state index contributed by atoms with van der Waals surface area (Å²) < 4.78 is 57.5. The van der Waals surface area contributed by atoms with Crippen LogP contribution in [0, 0.1) is 11.8 Å². The number of rotatable bonds is 7. The lowest BCUT2D eigenvalue weighted by Gasteiger charge is -2.15. The van der Waals surface area contributed by atoms with Crippen LogP contribution in [-0.4, -0.2) is 44.6 Å². The highest BCUT2D eigenvalue weighted by molar-refractivity contribution is 7.86. The van der Waals surface area contributed by atoms with Crippen LogP contribution in [-0.2, 0) is 32.8 Å². The fraction of sp³-hybridized carbons (Fsp3) is 0.778. The smallest absolute Gasteiger partial charge is 0.294 e. The van der Waals surface area contributed by atoms with E-state index in [0.29, 0.717) is 0 Å². The molecule has 112 valence electrons. The maximum Gasteiger partial charge on any atom is 0.390 e. The molecule has 0 radical (unpaired) electrons. The molecular weight excluding hydrogens is 312 g/mol. The summed E-state index contributed by atoms with van der Waals surface area (Å²) in [6.07, 6.45) is 1.04. The van der Waals surface area contributed by atoms with Crippen molar-refractivity contribution in [2.24, 2.45) is 0 Å². The van der Waals surface area contributed by atoms with Crippen molar-refractivity contribution < 1.29 is 29.1 Å². The summed E-state index contributed by atoms with van der Waals surface area (Å²) in [6.45, 7) is 4.73. The Morgan fingerprint density at radius 1 is 1.00 bits per heavy atom. The minimum Gasteiger partial charge on any atom is -0.294 e. The first-order valence-corrected chi connectivity index (χ1v) is 11.9. The highest BCUT2D eigenvalue weighted by atomic mass is 32.3. The van der Waals surface area contributed by atoms with Crippen molar-refractivity contribution in [3.05, 3.63) is 0 Å². The SMILES string of the molecule is C[Si](C)(C)OS(=O)(=O)OCCC#CCOS(C)(=O)=O. The van der Waals surface area contributed by atoms with Gasteiger partial charge >= 0.3 is 10.4 Å². The van der Waals surface area contributed by atoms with E-state index in [4.69, 9.17) is 3.87 Å². The van der Waals surface area contributed by atoms with Crippen LogP contribution in [0.5, 0.6) is 0 Å². The van der Waals surface area contributed by atoms with Gasteiger partial charge < -0.3 is 0 Å². The van der Waals surface area contributed by atoms with Gasteiger partial charge in [-0.1, -0.05) is 11.8 Å². The summed E-state index contributed by atoms with van der Waals surface area (Å²) in [7, 11) is -9.72. The number of hydrogen-bond acceptors (Lipinski definition) is 7. The molecule has 0 spiro atoms. The zero-order valence-electron chi connectivity index (χ0n) is 11.3. The molecule has 0 aliphatic rings. The van der Waals surface area contributed by atoms with Crippen molar-refractivity contribution in [3.8, 4) is 11.8 Å². The minimum atomic E-state index is -3.99. The fourth-order valence-corrected chi connectivity index (χ4v) is 4.00. The van der Waals surface area contributed by atoms with Crippen molar-refractivity contribution in [3.63, 3.8) is 0 Å².